The number of nitrogens with one attached hydrogen (secondary N) is 1. The third-order valence-corrected chi connectivity index (χ3v) is 3.89. The van der Waals surface area contributed by atoms with Gasteiger partial charge in [0, 0.05) is 17.8 Å². The molecule has 0 aliphatic carbocycles. The van der Waals surface area contributed by atoms with Crippen molar-refractivity contribution in [2.75, 3.05) is 12.4 Å². The van der Waals surface area contributed by atoms with Crippen molar-refractivity contribution in [2.24, 2.45) is 0 Å². The molecule has 0 saturated heterocycles. The number of ether oxygens (including phenoxy) is 1. The minimum atomic E-state index is -0.789. The molecule has 10 heteroatoms. The Morgan fingerprint density at radius 3 is 2.77 bits per heavy atom. The van der Waals surface area contributed by atoms with Gasteiger partial charge >= 0.3 is 5.76 Å². The molecule has 0 spiro atoms. The first kappa shape index (κ1) is 17.5. The van der Waals surface area contributed by atoms with Crippen LogP contribution >= 0.6 is 11.6 Å². The van der Waals surface area contributed by atoms with E-state index in [1.165, 1.54) is 31.4 Å². The Bertz CT molecular complexity index is 1070. The Balaban J connectivity index is 1.86. The average Bonchev–Trinajstić information content (AvgIpc) is 2.90. The highest BCUT2D eigenvalue weighted by Gasteiger charge is 2.16. The molecule has 0 aliphatic heterocycles. The van der Waals surface area contributed by atoms with Crippen molar-refractivity contribution in [2.45, 2.75) is 6.54 Å². The Kier molecular flexibility index (Phi) is 4.63. The highest BCUT2D eigenvalue weighted by molar-refractivity contribution is 6.32. The van der Waals surface area contributed by atoms with Gasteiger partial charge in [0.05, 0.1) is 22.6 Å². The van der Waals surface area contributed by atoms with Crippen LogP contribution in [0.2, 0.25) is 5.02 Å². The van der Waals surface area contributed by atoms with Gasteiger partial charge in [0.2, 0.25) is 5.91 Å². The van der Waals surface area contributed by atoms with E-state index in [0.717, 1.165) is 4.57 Å². The van der Waals surface area contributed by atoms with Gasteiger partial charge in [0.1, 0.15) is 12.3 Å². The number of carbonyl (C=O) groups is 1. The molecule has 1 N–H and O–H groups in total. The minimum Gasteiger partial charge on any atom is -0.495 e. The number of oxazole rings is 1. The molecule has 26 heavy (non-hydrogen) atoms. The predicted molar refractivity (Wildman–Crippen MR) is 93.8 cm³/mol. The van der Waals surface area contributed by atoms with Crippen molar-refractivity contribution >= 4 is 40.0 Å². The third-order valence-electron chi connectivity index (χ3n) is 3.60. The molecule has 0 bridgehead atoms. The van der Waals surface area contributed by atoms with Crippen molar-refractivity contribution in [3.05, 3.63) is 62.1 Å². The van der Waals surface area contributed by atoms with Crippen LogP contribution in [0.1, 0.15) is 0 Å². The van der Waals surface area contributed by atoms with Gasteiger partial charge in [-0.15, -0.1) is 0 Å². The second-order valence-electron chi connectivity index (χ2n) is 5.26. The largest absolute Gasteiger partial charge is 0.495 e. The van der Waals surface area contributed by atoms with Crippen LogP contribution in [0.5, 0.6) is 5.75 Å². The number of carbonyl (C=O) groups excluding carboxylic acids is 1. The molecule has 134 valence electrons. The Hall–Kier alpha value is -3.33. The number of fused-ring (bicyclic) bond motifs is 1. The molecule has 1 amide bonds. The molecule has 9 nitrogen and oxygen atoms in total. The number of hydrogen-bond acceptors (Lipinski definition) is 6. The molecule has 0 saturated carbocycles. The standard InChI is InChI=1S/C16H12ClN3O6/c1-25-13-4-2-9(6-11(13)17)18-15(21)8-19-12-7-10(20(23)24)3-5-14(12)26-16(19)22/h2-7H,8H2,1H3,(H,18,21). The summed E-state index contributed by atoms with van der Waals surface area (Å²) in [5.74, 6) is -0.861. The fourth-order valence-electron chi connectivity index (χ4n) is 2.40. The summed E-state index contributed by atoms with van der Waals surface area (Å²) in [6.45, 7) is -0.378. The van der Waals surface area contributed by atoms with Crippen LogP contribution in [0.4, 0.5) is 11.4 Å². The monoisotopic (exact) mass is 377 g/mol. The van der Waals surface area contributed by atoms with Gasteiger partial charge in [0.25, 0.3) is 5.69 Å². The quantitative estimate of drug-likeness (QED) is 0.539. The number of amides is 1. The third kappa shape index (κ3) is 3.38. The zero-order chi connectivity index (χ0) is 18.8. The van der Waals surface area contributed by atoms with Gasteiger partial charge in [0.15, 0.2) is 5.58 Å². The maximum absolute atomic E-state index is 12.2. The average molecular weight is 378 g/mol. The van der Waals surface area contributed by atoms with Gasteiger partial charge in [-0.05, 0) is 24.3 Å². The molecule has 0 atom stereocenters. The summed E-state index contributed by atoms with van der Waals surface area (Å²) in [5, 5.41) is 13.8. The van der Waals surface area contributed by atoms with Gasteiger partial charge in [-0.25, -0.2) is 4.79 Å². The lowest BCUT2D eigenvalue weighted by atomic mass is 10.3. The fraction of sp³-hybridized carbons (Fsp3) is 0.125. The van der Waals surface area contributed by atoms with Crippen molar-refractivity contribution in [3.63, 3.8) is 0 Å². The first-order valence-corrected chi connectivity index (χ1v) is 7.68. The summed E-state index contributed by atoms with van der Waals surface area (Å²) < 4.78 is 11.0. The van der Waals surface area contributed by atoms with Crippen molar-refractivity contribution in [1.82, 2.24) is 4.57 Å². The number of benzene rings is 2. The Morgan fingerprint density at radius 1 is 1.35 bits per heavy atom. The topological polar surface area (TPSA) is 117 Å². The first-order chi connectivity index (χ1) is 12.4. The summed E-state index contributed by atoms with van der Waals surface area (Å²) >= 11 is 6.00. The molecular formula is C16H12ClN3O6. The number of nitrogens with zero attached hydrogens (tertiary/aromatic N) is 2. The van der Waals surface area contributed by atoms with Crippen LogP contribution in [0, 0.1) is 10.1 Å². The van der Waals surface area contributed by atoms with E-state index in [0.29, 0.717) is 16.5 Å². The second-order valence-corrected chi connectivity index (χ2v) is 5.67. The van der Waals surface area contributed by atoms with Gasteiger partial charge < -0.3 is 14.5 Å². The van der Waals surface area contributed by atoms with Crippen LogP contribution < -0.4 is 15.8 Å². The van der Waals surface area contributed by atoms with Crippen molar-refractivity contribution in [3.8, 4) is 5.75 Å². The lowest BCUT2D eigenvalue weighted by Crippen LogP contribution is -2.24. The molecule has 2 aromatic carbocycles. The summed E-state index contributed by atoms with van der Waals surface area (Å²) in [7, 11) is 1.47. The molecule has 0 unspecified atom stereocenters. The molecule has 3 aromatic rings. The van der Waals surface area contributed by atoms with E-state index in [1.54, 1.807) is 12.1 Å². The highest BCUT2D eigenvalue weighted by Crippen LogP contribution is 2.27. The summed E-state index contributed by atoms with van der Waals surface area (Å²) in [6, 6.07) is 8.38. The number of aromatic nitrogens is 1. The zero-order valence-electron chi connectivity index (χ0n) is 13.4. The number of methoxy groups -OCH3 is 1. The lowest BCUT2D eigenvalue weighted by molar-refractivity contribution is -0.384. The van der Waals surface area contributed by atoms with Crippen molar-refractivity contribution in [1.29, 1.82) is 0 Å². The zero-order valence-corrected chi connectivity index (χ0v) is 14.1. The second kappa shape index (κ2) is 6.89. The number of nitro benzene ring substituents is 1. The van der Waals surface area contributed by atoms with E-state index in [4.69, 9.17) is 20.8 Å². The normalized spacial score (nSPS) is 10.7. The van der Waals surface area contributed by atoms with Crippen LogP contribution in [0.3, 0.4) is 0 Å². The van der Waals surface area contributed by atoms with Gasteiger partial charge in [-0.3, -0.25) is 19.5 Å². The molecule has 3 rings (SSSR count). The lowest BCUT2D eigenvalue weighted by Gasteiger charge is -2.08. The van der Waals surface area contributed by atoms with Crippen LogP contribution in [-0.2, 0) is 11.3 Å². The fourth-order valence-corrected chi connectivity index (χ4v) is 2.66. The number of non-ortho nitro benzene ring substituents is 1. The summed E-state index contributed by atoms with van der Waals surface area (Å²) in [5.41, 5.74) is 0.509. The van der Waals surface area contributed by atoms with Gasteiger partial charge in [-0.1, -0.05) is 11.6 Å². The summed E-state index contributed by atoms with van der Waals surface area (Å²) in [6.07, 6.45) is 0. The van der Waals surface area contributed by atoms with Crippen LogP contribution in [0.15, 0.2) is 45.6 Å². The number of hydrogen-bond donors (Lipinski definition) is 1. The molecule has 0 aliphatic rings. The highest BCUT2D eigenvalue weighted by atomic mass is 35.5. The SMILES string of the molecule is COc1ccc(NC(=O)Cn2c(=O)oc3ccc([N+](=O)[O-])cc32)cc1Cl. The predicted octanol–water partition coefficient (Wildman–Crippen LogP) is 2.80. The van der Waals surface area contributed by atoms with E-state index < -0.39 is 16.6 Å². The minimum absolute atomic E-state index is 0.154. The molecular weight excluding hydrogens is 366 g/mol. The van der Waals surface area contributed by atoms with Crippen LogP contribution in [-0.4, -0.2) is 22.5 Å². The van der Waals surface area contributed by atoms with E-state index >= 15 is 0 Å². The summed E-state index contributed by atoms with van der Waals surface area (Å²) in [4.78, 5) is 34.5. The number of nitro groups is 1. The Labute approximate surface area is 150 Å². The molecule has 0 radical (unpaired) electrons. The van der Waals surface area contributed by atoms with E-state index in [-0.39, 0.29) is 23.3 Å². The van der Waals surface area contributed by atoms with E-state index in [1.807, 2.05) is 0 Å². The first-order valence-electron chi connectivity index (χ1n) is 7.30. The maximum atomic E-state index is 12.2. The number of anilines is 1. The Morgan fingerprint density at radius 2 is 2.12 bits per heavy atom. The van der Waals surface area contributed by atoms with E-state index in [9.17, 15) is 19.7 Å². The van der Waals surface area contributed by atoms with Gasteiger partial charge in [-0.2, -0.15) is 0 Å². The molecule has 0 fully saturated rings. The number of rotatable bonds is 5. The maximum Gasteiger partial charge on any atom is 0.420 e. The van der Waals surface area contributed by atoms with Crippen molar-refractivity contribution < 1.29 is 18.9 Å². The van der Waals surface area contributed by atoms with Crippen LogP contribution in [0.25, 0.3) is 11.1 Å². The molecule has 1 aromatic heterocycles. The number of halogens is 1. The van der Waals surface area contributed by atoms with E-state index in [2.05, 4.69) is 5.32 Å². The molecule has 1 heterocycles. The smallest absolute Gasteiger partial charge is 0.420 e.